The Morgan fingerprint density at radius 1 is 0.315 bits per heavy atom. The highest BCUT2D eigenvalue weighted by molar-refractivity contribution is 5.69. The molecule has 0 aliphatic heterocycles. The highest BCUT2D eigenvalue weighted by Gasteiger charge is 2.14. The van der Waals surface area contributed by atoms with E-state index in [4.69, 9.17) is 4.74 Å². The Labute approximate surface area is 343 Å². The second-order valence-corrected chi connectivity index (χ2v) is 18.4. The highest BCUT2D eigenvalue weighted by atomic mass is 16.5. The van der Waals surface area contributed by atoms with Gasteiger partial charge in [-0.15, -0.1) is 0 Å². The van der Waals surface area contributed by atoms with Crippen LogP contribution in [0.5, 0.6) is 0 Å². The van der Waals surface area contributed by atoms with Gasteiger partial charge in [-0.2, -0.15) is 0 Å². The van der Waals surface area contributed by atoms with Gasteiger partial charge in [-0.25, -0.2) is 0 Å². The van der Waals surface area contributed by atoms with Gasteiger partial charge in [0, 0.05) is 6.42 Å². The van der Waals surface area contributed by atoms with E-state index in [1.807, 2.05) is 0 Å². The van der Waals surface area contributed by atoms with Gasteiger partial charge in [-0.3, -0.25) is 4.79 Å². The second kappa shape index (κ2) is 46.8. The van der Waals surface area contributed by atoms with E-state index in [1.165, 1.54) is 263 Å². The summed E-state index contributed by atoms with van der Waals surface area (Å²) in [7, 11) is 0. The lowest BCUT2D eigenvalue weighted by Crippen LogP contribution is -2.18. The summed E-state index contributed by atoms with van der Waals surface area (Å²) in [5.41, 5.74) is 0. The molecule has 0 aliphatic rings. The van der Waals surface area contributed by atoms with Gasteiger partial charge < -0.3 is 4.74 Å². The zero-order valence-corrected chi connectivity index (χ0v) is 38.3. The molecule has 0 heterocycles. The van der Waals surface area contributed by atoms with Gasteiger partial charge in [-0.1, -0.05) is 278 Å². The van der Waals surface area contributed by atoms with Crippen molar-refractivity contribution in [3.63, 3.8) is 0 Å². The maximum atomic E-state index is 12.9. The minimum Gasteiger partial charge on any atom is -0.462 e. The predicted molar refractivity (Wildman–Crippen MR) is 244 cm³/mol. The molecule has 0 radical (unpaired) electrons. The van der Waals surface area contributed by atoms with Crippen molar-refractivity contribution in [2.75, 3.05) is 0 Å². The highest BCUT2D eigenvalue weighted by Crippen LogP contribution is 2.20. The zero-order valence-electron chi connectivity index (χ0n) is 38.3. The molecular weight excluding hydrogens is 657 g/mol. The molecule has 0 saturated carbocycles. The van der Waals surface area contributed by atoms with Gasteiger partial charge in [0.2, 0.25) is 0 Å². The number of carbonyl (C=O) groups is 1. The van der Waals surface area contributed by atoms with Gasteiger partial charge in [0.1, 0.15) is 6.10 Å². The fraction of sp³-hybridized carbons (Fsp3) is 0.981. The molecule has 0 bridgehead atoms. The van der Waals surface area contributed by atoms with Crippen LogP contribution in [0.4, 0.5) is 0 Å². The van der Waals surface area contributed by atoms with Crippen molar-refractivity contribution in [1.82, 2.24) is 0 Å². The molecule has 0 fully saturated rings. The fourth-order valence-electron chi connectivity index (χ4n) is 8.41. The summed E-state index contributed by atoms with van der Waals surface area (Å²) in [5, 5.41) is 0. The molecule has 0 rings (SSSR count). The number of carbonyl (C=O) groups excluding carboxylic acids is 1. The second-order valence-electron chi connectivity index (χ2n) is 18.4. The van der Waals surface area contributed by atoms with Crippen molar-refractivity contribution in [3.05, 3.63) is 0 Å². The van der Waals surface area contributed by atoms with Crippen LogP contribution in [0.1, 0.15) is 317 Å². The molecule has 1 unspecified atom stereocenters. The lowest BCUT2D eigenvalue weighted by Gasteiger charge is -2.18. The molecule has 2 nitrogen and oxygen atoms in total. The van der Waals surface area contributed by atoms with E-state index in [0.717, 1.165) is 25.2 Å². The van der Waals surface area contributed by atoms with Crippen LogP contribution in [0.15, 0.2) is 0 Å². The molecule has 1 atom stereocenters. The number of esters is 1. The molecule has 54 heavy (non-hydrogen) atoms. The van der Waals surface area contributed by atoms with Crippen molar-refractivity contribution in [3.8, 4) is 0 Å². The van der Waals surface area contributed by atoms with Crippen LogP contribution in [0.2, 0.25) is 0 Å². The van der Waals surface area contributed by atoms with Crippen molar-refractivity contribution >= 4 is 5.97 Å². The SMILES string of the molecule is CCCCCCCCCCCCCCCCCC(=O)OC(CCCCCCCCCCCCCCCCC)CCCCCCCCCCCCCC(C)C. The molecule has 0 N–H and O–H groups in total. The third-order valence-corrected chi connectivity index (χ3v) is 12.2. The first kappa shape index (κ1) is 53.5. The molecule has 0 aromatic heterocycles. The summed E-state index contributed by atoms with van der Waals surface area (Å²) >= 11 is 0. The van der Waals surface area contributed by atoms with Gasteiger partial charge in [0.25, 0.3) is 0 Å². The molecule has 0 amide bonds. The number of unbranched alkanes of at least 4 members (excludes halogenated alkanes) is 38. The Morgan fingerprint density at radius 3 is 0.796 bits per heavy atom. The van der Waals surface area contributed by atoms with E-state index in [2.05, 4.69) is 27.7 Å². The third kappa shape index (κ3) is 45.9. The molecular formula is C52H104O2. The first-order valence-corrected chi connectivity index (χ1v) is 25.8. The summed E-state index contributed by atoms with van der Waals surface area (Å²) in [6.45, 7) is 9.29. The van der Waals surface area contributed by atoms with Crippen LogP contribution >= 0.6 is 0 Å². The smallest absolute Gasteiger partial charge is 0.306 e. The quantitative estimate of drug-likeness (QED) is 0.0456. The Hall–Kier alpha value is -0.530. The predicted octanol–water partition coefficient (Wildman–Crippen LogP) is 19.1. The molecule has 0 aliphatic carbocycles. The Bertz CT molecular complexity index is 686. The number of rotatable bonds is 47. The molecule has 2 heteroatoms. The normalized spacial score (nSPS) is 12.2. The fourth-order valence-corrected chi connectivity index (χ4v) is 8.41. The Kier molecular flexibility index (Phi) is 46.4. The van der Waals surface area contributed by atoms with Crippen molar-refractivity contribution in [2.24, 2.45) is 5.92 Å². The van der Waals surface area contributed by atoms with Crippen LogP contribution in [0.25, 0.3) is 0 Å². The summed E-state index contributed by atoms with van der Waals surface area (Å²) in [4.78, 5) is 12.9. The standard InChI is InChI=1S/C52H104O2/c1-5-7-9-11-13-15-17-19-21-23-27-31-35-39-43-47-51(48-44-40-36-32-28-25-26-30-34-38-42-46-50(3)4)54-52(53)49-45-41-37-33-29-24-22-20-18-16-14-12-10-8-6-2/h50-51H,5-49H2,1-4H3. The van der Waals surface area contributed by atoms with E-state index in [0.29, 0.717) is 6.42 Å². The molecule has 0 aromatic carbocycles. The Balaban J connectivity index is 4.07. The minimum atomic E-state index is 0.0832. The van der Waals surface area contributed by atoms with E-state index in [1.54, 1.807) is 0 Å². The molecule has 324 valence electrons. The van der Waals surface area contributed by atoms with Crippen molar-refractivity contribution in [2.45, 2.75) is 323 Å². The number of hydrogen-bond acceptors (Lipinski definition) is 2. The summed E-state index contributed by atoms with van der Waals surface area (Å²) in [6.07, 6.45) is 61.1. The van der Waals surface area contributed by atoms with E-state index in [-0.39, 0.29) is 12.1 Å². The van der Waals surface area contributed by atoms with Gasteiger partial charge in [0.15, 0.2) is 0 Å². The number of hydrogen-bond donors (Lipinski definition) is 0. The zero-order chi connectivity index (χ0) is 39.3. The minimum absolute atomic E-state index is 0.0832. The van der Waals surface area contributed by atoms with Crippen LogP contribution in [0, 0.1) is 5.92 Å². The lowest BCUT2D eigenvalue weighted by atomic mass is 10.0. The molecule has 0 aromatic rings. The third-order valence-electron chi connectivity index (χ3n) is 12.2. The van der Waals surface area contributed by atoms with Gasteiger partial charge in [0.05, 0.1) is 0 Å². The maximum Gasteiger partial charge on any atom is 0.306 e. The van der Waals surface area contributed by atoms with E-state index < -0.39 is 0 Å². The summed E-state index contributed by atoms with van der Waals surface area (Å²) < 4.78 is 6.16. The van der Waals surface area contributed by atoms with Crippen LogP contribution in [-0.2, 0) is 9.53 Å². The van der Waals surface area contributed by atoms with E-state index >= 15 is 0 Å². The van der Waals surface area contributed by atoms with Crippen molar-refractivity contribution < 1.29 is 9.53 Å². The van der Waals surface area contributed by atoms with Crippen molar-refractivity contribution in [1.29, 1.82) is 0 Å². The first-order chi connectivity index (χ1) is 26.6. The summed E-state index contributed by atoms with van der Waals surface area (Å²) in [5.74, 6) is 0.949. The van der Waals surface area contributed by atoms with Crippen LogP contribution < -0.4 is 0 Å². The van der Waals surface area contributed by atoms with Crippen LogP contribution in [0.3, 0.4) is 0 Å². The topological polar surface area (TPSA) is 26.3 Å². The first-order valence-electron chi connectivity index (χ1n) is 25.8. The monoisotopic (exact) mass is 761 g/mol. The van der Waals surface area contributed by atoms with Crippen LogP contribution in [-0.4, -0.2) is 12.1 Å². The Morgan fingerprint density at radius 2 is 0.537 bits per heavy atom. The average Bonchev–Trinajstić information content (AvgIpc) is 3.16. The maximum absolute atomic E-state index is 12.9. The molecule has 0 spiro atoms. The summed E-state index contributed by atoms with van der Waals surface area (Å²) in [6, 6.07) is 0. The molecule has 0 saturated heterocycles. The van der Waals surface area contributed by atoms with E-state index in [9.17, 15) is 4.79 Å². The van der Waals surface area contributed by atoms with Gasteiger partial charge >= 0.3 is 5.97 Å². The lowest BCUT2D eigenvalue weighted by molar-refractivity contribution is -0.150. The number of ether oxygens (including phenoxy) is 1. The van der Waals surface area contributed by atoms with Gasteiger partial charge in [-0.05, 0) is 38.0 Å². The largest absolute Gasteiger partial charge is 0.462 e. The average molecular weight is 761 g/mol.